The van der Waals surface area contributed by atoms with E-state index in [1.807, 2.05) is 31.2 Å². The summed E-state index contributed by atoms with van der Waals surface area (Å²) in [6.07, 6.45) is 0.694. The summed E-state index contributed by atoms with van der Waals surface area (Å²) >= 11 is 12.3. The summed E-state index contributed by atoms with van der Waals surface area (Å²) in [5.74, 6) is 0. The Morgan fingerprint density at radius 1 is 1.14 bits per heavy atom. The second kappa shape index (κ2) is 5.44. The smallest absolute Gasteiger partial charge is 0.263 e. The minimum absolute atomic E-state index is 0.0969. The molecule has 0 fully saturated rings. The maximum Gasteiger partial charge on any atom is 0.266 e. The van der Waals surface area contributed by atoms with Gasteiger partial charge in [-0.1, -0.05) is 41.4 Å². The average molecular weight is 356 g/mol. The lowest BCUT2D eigenvalue weighted by Gasteiger charge is -2.25. The zero-order valence-corrected chi connectivity index (χ0v) is 14.5. The molecule has 0 aromatic heterocycles. The Bertz CT molecular complexity index is 849. The molecule has 2 aromatic rings. The Kier molecular flexibility index (Phi) is 3.87. The first kappa shape index (κ1) is 15.7. The molecule has 6 heteroatoms. The summed E-state index contributed by atoms with van der Waals surface area (Å²) in [4.78, 5) is 0.0969. The van der Waals surface area contributed by atoms with Crippen LogP contribution < -0.4 is 4.31 Å². The number of para-hydroxylation sites is 1. The van der Waals surface area contributed by atoms with E-state index in [1.54, 1.807) is 13.0 Å². The van der Waals surface area contributed by atoms with E-state index in [0.717, 1.165) is 11.3 Å². The largest absolute Gasteiger partial charge is 0.266 e. The van der Waals surface area contributed by atoms with Crippen LogP contribution in [0.4, 0.5) is 5.69 Å². The van der Waals surface area contributed by atoms with Crippen molar-refractivity contribution in [3.8, 4) is 0 Å². The van der Waals surface area contributed by atoms with Gasteiger partial charge in [0.2, 0.25) is 0 Å². The molecule has 116 valence electrons. The van der Waals surface area contributed by atoms with Crippen LogP contribution >= 0.6 is 23.2 Å². The molecule has 3 nitrogen and oxygen atoms in total. The van der Waals surface area contributed by atoms with Crippen molar-refractivity contribution in [2.24, 2.45) is 0 Å². The first-order valence-electron chi connectivity index (χ1n) is 6.91. The summed E-state index contributed by atoms with van der Waals surface area (Å²) in [5.41, 5.74) is 2.32. The molecule has 2 aromatic carbocycles. The minimum Gasteiger partial charge on any atom is -0.263 e. The first-order valence-corrected chi connectivity index (χ1v) is 9.10. The van der Waals surface area contributed by atoms with Crippen molar-refractivity contribution in [1.29, 1.82) is 0 Å². The standard InChI is InChI=1S/C16H15Cl2NO2S/c1-10-9-12-5-3-4-6-14(12)19(10)22(20,21)15-8-7-13(17)11(2)16(15)18/h3-8,10H,9H2,1-2H3/t10-/m0/s1. The van der Waals surface area contributed by atoms with Crippen LogP contribution in [0.2, 0.25) is 10.0 Å². The highest BCUT2D eigenvalue weighted by atomic mass is 35.5. The van der Waals surface area contributed by atoms with E-state index in [0.29, 0.717) is 17.0 Å². The fourth-order valence-electron chi connectivity index (χ4n) is 2.85. The van der Waals surface area contributed by atoms with E-state index in [9.17, 15) is 8.42 Å². The van der Waals surface area contributed by atoms with Crippen LogP contribution in [0.25, 0.3) is 0 Å². The summed E-state index contributed by atoms with van der Waals surface area (Å²) in [5, 5.41) is 0.642. The van der Waals surface area contributed by atoms with Crippen LogP contribution in [0.3, 0.4) is 0 Å². The second-order valence-electron chi connectivity index (χ2n) is 5.47. The topological polar surface area (TPSA) is 37.4 Å². The third kappa shape index (κ3) is 2.30. The lowest BCUT2D eigenvalue weighted by molar-refractivity contribution is 0.584. The molecule has 1 atom stereocenters. The Morgan fingerprint density at radius 2 is 1.82 bits per heavy atom. The van der Waals surface area contributed by atoms with E-state index in [2.05, 4.69) is 0 Å². The molecule has 0 spiro atoms. The fraction of sp³-hybridized carbons (Fsp3) is 0.250. The van der Waals surface area contributed by atoms with Crippen LogP contribution in [-0.4, -0.2) is 14.5 Å². The minimum atomic E-state index is -3.73. The van der Waals surface area contributed by atoms with Crippen molar-refractivity contribution >= 4 is 38.9 Å². The number of halogens is 2. The number of nitrogens with zero attached hydrogens (tertiary/aromatic N) is 1. The van der Waals surface area contributed by atoms with E-state index in [1.165, 1.54) is 10.4 Å². The zero-order chi connectivity index (χ0) is 16.1. The summed E-state index contributed by atoms with van der Waals surface area (Å²) < 4.78 is 27.6. The number of anilines is 1. The Labute approximate surface area is 140 Å². The molecular formula is C16H15Cl2NO2S. The molecular weight excluding hydrogens is 341 g/mol. The number of benzene rings is 2. The molecule has 0 amide bonds. The summed E-state index contributed by atoms with van der Waals surface area (Å²) in [7, 11) is -3.73. The van der Waals surface area contributed by atoms with E-state index < -0.39 is 10.0 Å². The van der Waals surface area contributed by atoms with Crippen molar-refractivity contribution in [2.75, 3.05) is 4.31 Å². The third-order valence-corrected chi connectivity index (χ3v) is 6.95. The number of hydrogen-bond acceptors (Lipinski definition) is 2. The quantitative estimate of drug-likeness (QED) is 0.798. The van der Waals surface area contributed by atoms with Gasteiger partial charge in [-0.25, -0.2) is 8.42 Å². The van der Waals surface area contributed by atoms with Crippen LogP contribution in [0.1, 0.15) is 18.1 Å². The predicted octanol–water partition coefficient (Wildman–Crippen LogP) is 4.44. The molecule has 0 saturated carbocycles. The second-order valence-corrected chi connectivity index (χ2v) is 8.04. The number of fused-ring (bicyclic) bond motifs is 1. The third-order valence-electron chi connectivity index (χ3n) is 3.97. The van der Waals surface area contributed by atoms with Gasteiger partial charge in [-0.15, -0.1) is 0 Å². The van der Waals surface area contributed by atoms with Gasteiger partial charge < -0.3 is 0 Å². The van der Waals surface area contributed by atoms with Gasteiger partial charge in [0.15, 0.2) is 0 Å². The Hall–Kier alpha value is -1.23. The van der Waals surface area contributed by atoms with Gasteiger partial charge in [0.25, 0.3) is 10.0 Å². The molecule has 0 aliphatic carbocycles. The van der Waals surface area contributed by atoms with Crippen LogP contribution in [-0.2, 0) is 16.4 Å². The van der Waals surface area contributed by atoms with E-state index in [4.69, 9.17) is 23.2 Å². The van der Waals surface area contributed by atoms with Gasteiger partial charge in [-0.2, -0.15) is 0 Å². The normalized spacial score (nSPS) is 17.6. The fourth-order valence-corrected chi connectivity index (χ4v) is 5.33. The zero-order valence-electron chi connectivity index (χ0n) is 12.2. The number of hydrogen-bond donors (Lipinski definition) is 0. The molecule has 1 aliphatic heterocycles. The van der Waals surface area contributed by atoms with Crippen LogP contribution in [0, 0.1) is 6.92 Å². The average Bonchev–Trinajstić information content (AvgIpc) is 2.80. The first-order chi connectivity index (χ1) is 10.3. The SMILES string of the molecule is Cc1c(Cl)ccc(S(=O)(=O)N2c3ccccc3C[C@@H]2C)c1Cl. The van der Waals surface area contributed by atoms with Crippen LogP contribution in [0.5, 0.6) is 0 Å². The molecule has 0 bridgehead atoms. The highest BCUT2D eigenvalue weighted by molar-refractivity contribution is 7.93. The molecule has 1 heterocycles. The van der Waals surface area contributed by atoms with Gasteiger partial charge >= 0.3 is 0 Å². The molecule has 0 radical (unpaired) electrons. The van der Waals surface area contributed by atoms with Gasteiger partial charge in [-0.05, 0) is 49.6 Å². The highest BCUT2D eigenvalue weighted by Gasteiger charge is 2.37. The van der Waals surface area contributed by atoms with Crippen molar-refractivity contribution in [1.82, 2.24) is 0 Å². The molecule has 0 saturated heterocycles. The molecule has 22 heavy (non-hydrogen) atoms. The predicted molar refractivity (Wildman–Crippen MR) is 90.5 cm³/mol. The molecule has 0 N–H and O–H groups in total. The van der Waals surface area contributed by atoms with Crippen molar-refractivity contribution in [2.45, 2.75) is 31.2 Å². The monoisotopic (exact) mass is 355 g/mol. The van der Waals surface area contributed by atoms with Gasteiger partial charge in [0, 0.05) is 11.1 Å². The van der Waals surface area contributed by atoms with Crippen molar-refractivity contribution < 1.29 is 8.42 Å². The van der Waals surface area contributed by atoms with Crippen LogP contribution in [0.15, 0.2) is 41.3 Å². The Morgan fingerprint density at radius 3 is 2.55 bits per heavy atom. The van der Waals surface area contributed by atoms with Gasteiger partial charge in [-0.3, -0.25) is 4.31 Å². The summed E-state index contributed by atoms with van der Waals surface area (Å²) in [6.45, 7) is 3.61. The summed E-state index contributed by atoms with van der Waals surface area (Å²) in [6, 6.07) is 10.4. The number of rotatable bonds is 2. The van der Waals surface area contributed by atoms with Gasteiger partial charge in [0.1, 0.15) is 4.90 Å². The highest BCUT2D eigenvalue weighted by Crippen LogP contribution is 2.39. The lowest BCUT2D eigenvalue weighted by atomic mass is 10.1. The Balaban J connectivity index is 2.18. The lowest BCUT2D eigenvalue weighted by Crippen LogP contribution is -2.35. The molecule has 3 rings (SSSR count). The van der Waals surface area contributed by atoms with Crippen molar-refractivity contribution in [3.05, 3.63) is 57.6 Å². The maximum atomic E-state index is 13.1. The van der Waals surface area contributed by atoms with Crippen molar-refractivity contribution in [3.63, 3.8) is 0 Å². The van der Waals surface area contributed by atoms with Gasteiger partial charge in [0.05, 0.1) is 10.7 Å². The van der Waals surface area contributed by atoms with E-state index in [-0.39, 0.29) is 16.0 Å². The number of sulfonamides is 1. The molecule has 1 aliphatic rings. The van der Waals surface area contributed by atoms with E-state index >= 15 is 0 Å². The maximum absolute atomic E-state index is 13.1. The molecule has 0 unspecified atom stereocenters.